The van der Waals surface area contributed by atoms with E-state index in [-0.39, 0.29) is 18.4 Å². The molecule has 1 saturated carbocycles. The molecule has 0 atom stereocenters. The molecule has 1 aromatic heterocycles. The lowest BCUT2D eigenvalue weighted by Gasteiger charge is -2.20. The summed E-state index contributed by atoms with van der Waals surface area (Å²) in [6.45, 7) is 0. The molecule has 0 aromatic carbocycles. The summed E-state index contributed by atoms with van der Waals surface area (Å²) in [7, 11) is 0. The molecule has 1 fully saturated rings. The van der Waals surface area contributed by atoms with Gasteiger partial charge in [-0.25, -0.2) is 4.98 Å². The van der Waals surface area contributed by atoms with Crippen LogP contribution >= 0.6 is 0 Å². The normalized spacial score (nSPS) is 16.5. The van der Waals surface area contributed by atoms with Crippen LogP contribution in [0.25, 0.3) is 0 Å². The fraction of sp³-hybridized carbons (Fsp3) is 0.400. The minimum absolute atomic E-state index is 0.0888. The summed E-state index contributed by atoms with van der Waals surface area (Å²) in [4.78, 5) is 13.4. The molecule has 0 spiro atoms. The molecule has 0 bridgehead atoms. The molecular weight excluding hydrogens is 265 g/mol. The van der Waals surface area contributed by atoms with Crippen LogP contribution in [0.15, 0.2) is 12.3 Å². The highest BCUT2D eigenvalue weighted by Crippen LogP contribution is 2.51. The van der Waals surface area contributed by atoms with Gasteiger partial charge in [-0.3, -0.25) is 10.1 Å². The third kappa shape index (κ3) is 2.29. The molecule has 1 aliphatic carbocycles. The molecule has 9 heteroatoms. The second kappa shape index (κ2) is 4.08. The summed E-state index contributed by atoms with van der Waals surface area (Å²) in [5.41, 5.74) is -2.87. The Morgan fingerprint density at radius 1 is 1.53 bits per heavy atom. The molecule has 1 N–H and O–H groups in total. The number of alkyl halides is 3. The minimum atomic E-state index is -4.50. The van der Waals surface area contributed by atoms with Gasteiger partial charge in [0.05, 0.1) is 10.5 Å². The van der Waals surface area contributed by atoms with E-state index in [1.54, 1.807) is 6.07 Å². The Morgan fingerprint density at radius 2 is 2.16 bits per heavy atom. The molecule has 0 radical (unpaired) electrons. The summed E-state index contributed by atoms with van der Waals surface area (Å²) < 4.78 is 38.2. The van der Waals surface area contributed by atoms with Crippen molar-refractivity contribution in [2.75, 3.05) is 5.32 Å². The lowest BCUT2D eigenvalue weighted by molar-refractivity contribution is -0.384. The third-order valence-electron chi connectivity index (χ3n) is 2.84. The number of hydrogen-bond donors (Lipinski definition) is 1. The fourth-order valence-electron chi connectivity index (χ4n) is 1.58. The van der Waals surface area contributed by atoms with E-state index in [0.717, 1.165) is 12.3 Å². The average Bonchev–Trinajstić information content (AvgIpc) is 3.09. The smallest absolute Gasteiger partial charge is 0.350 e. The zero-order chi connectivity index (χ0) is 14.3. The van der Waals surface area contributed by atoms with Crippen molar-refractivity contribution in [1.82, 2.24) is 4.98 Å². The largest absolute Gasteiger partial charge is 0.411 e. The quantitative estimate of drug-likeness (QED) is 0.673. The summed E-state index contributed by atoms with van der Waals surface area (Å²) >= 11 is 0. The van der Waals surface area contributed by atoms with Gasteiger partial charge in [0.25, 0.3) is 0 Å². The first-order valence-corrected chi connectivity index (χ1v) is 5.18. The molecule has 100 valence electrons. The molecule has 1 aromatic rings. The van der Waals surface area contributed by atoms with Crippen molar-refractivity contribution in [2.45, 2.75) is 24.6 Å². The van der Waals surface area contributed by atoms with E-state index in [1.807, 2.05) is 0 Å². The molecule has 19 heavy (non-hydrogen) atoms. The number of nitrogens with zero attached hydrogens (tertiary/aromatic N) is 3. The van der Waals surface area contributed by atoms with Crippen molar-refractivity contribution in [1.29, 1.82) is 5.26 Å². The van der Waals surface area contributed by atoms with E-state index in [2.05, 4.69) is 10.3 Å². The fourth-order valence-corrected chi connectivity index (χ4v) is 1.58. The molecular formula is C10H7F3N4O2. The number of nitriles is 1. The van der Waals surface area contributed by atoms with Gasteiger partial charge in [0.2, 0.25) is 5.82 Å². The topological polar surface area (TPSA) is 91.8 Å². The summed E-state index contributed by atoms with van der Waals surface area (Å²) in [6.07, 6.45) is -3.83. The molecule has 0 amide bonds. The van der Waals surface area contributed by atoms with Crippen molar-refractivity contribution in [2.24, 2.45) is 0 Å². The van der Waals surface area contributed by atoms with Crippen LogP contribution in [-0.4, -0.2) is 21.6 Å². The maximum atomic E-state index is 12.7. The number of pyridine rings is 1. The van der Waals surface area contributed by atoms with Gasteiger partial charge >= 0.3 is 11.9 Å². The molecule has 1 heterocycles. The number of anilines is 1. The average molecular weight is 272 g/mol. The van der Waals surface area contributed by atoms with Crippen LogP contribution in [0.1, 0.15) is 18.4 Å². The zero-order valence-electron chi connectivity index (χ0n) is 9.36. The monoisotopic (exact) mass is 272 g/mol. The molecule has 1 aliphatic rings. The van der Waals surface area contributed by atoms with Crippen molar-refractivity contribution in [3.05, 3.63) is 27.9 Å². The highest BCUT2D eigenvalue weighted by molar-refractivity contribution is 5.60. The van der Waals surface area contributed by atoms with Crippen molar-refractivity contribution in [3.63, 3.8) is 0 Å². The number of halogens is 3. The van der Waals surface area contributed by atoms with Crippen LogP contribution in [0.2, 0.25) is 0 Å². The predicted molar refractivity (Wildman–Crippen MR) is 57.2 cm³/mol. The van der Waals surface area contributed by atoms with Gasteiger partial charge < -0.3 is 5.32 Å². The maximum Gasteiger partial charge on any atom is 0.411 e. The van der Waals surface area contributed by atoms with Crippen LogP contribution in [0.4, 0.5) is 24.7 Å². The molecule has 2 rings (SSSR count). The number of nitro groups is 1. The Balaban J connectivity index is 2.37. The van der Waals surface area contributed by atoms with E-state index >= 15 is 0 Å². The van der Waals surface area contributed by atoms with E-state index < -0.39 is 28.1 Å². The molecule has 0 saturated heterocycles. The Bertz CT molecular complexity index is 575. The van der Waals surface area contributed by atoms with E-state index in [4.69, 9.17) is 5.26 Å². The van der Waals surface area contributed by atoms with Crippen LogP contribution < -0.4 is 5.32 Å². The number of aromatic nitrogens is 1. The summed E-state index contributed by atoms with van der Waals surface area (Å²) in [6, 6.07) is 2.53. The van der Waals surface area contributed by atoms with Gasteiger partial charge in [0.1, 0.15) is 11.6 Å². The van der Waals surface area contributed by atoms with Gasteiger partial charge in [0, 0.05) is 12.3 Å². The van der Waals surface area contributed by atoms with Crippen molar-refractivity contribution in [3.8, 4) is 6.07 Å². The van der Waals surface area contributed by atoms with Crippen molar-refractivity contribution >= 4 is 11.5 Å². The second-order valence-electron chi connectivity index (χ2n) is 4.17. The Morgan fingerprint density at radius 3 is 2.58 bits per heavy atom. The molecule has 6 nitrogen and oxygen atoms in total. The SMILES string of the molecule is N#Cc1cnc(NC2(C(F)(F)F)CC2)c([N+](=O)[O-])c1. The summed E-state index contributed by atoms with van der Waals surface area (Å²) in [5.74, 6) is -0.473. The number of rotatable bonds is 3. The lowest BCUT2D eigenvalue weighted by Crippen LogP contribution is -2.39. The van der Waals surface area contributed by atoms with Gasteiger partial charge in [0.15, 0.2) is 0 Å². The Hall–Kier alpha value is -2.37. The Kier molecular flexibility index (Phi) is 2.81. The van der Waals surface area contributed by atoms with Gasteiger partial charge in [-0.15, -0.1) is 0 Å². The third-order valence-corrected chi connectivity index (χ3v) is 2.84. The predicted octanol–water partition coefficient (Wildman–Crippen LogP) is 2.37. The van der Waals surface area contributed by atoms with Gasteiger partial charge in [-0.1, -0.05) is 0 Å². The second-order valence-corrected chi connectivity index (χ2v) is 4.17. The number of nitrogens with one attached hydrogen (secondary N) is 1. The summed E-state index contributed by atoms with van der Waals surface area (Å²) in [5, 5.41) is 21.5. The van der Waals surface area contributed by atoms with E-state index in [1.165, 1.54) is 0 Å². The minimum Gasteiger partial charge on any atom is -0.350 e. The Labute approximate surface area is 105 Å². The van der Waals surface area contributed by atoms with E-state index in [0.29, 0.717) is 0 Å². The van der Waals surface area contributed by atoms with Crippen LogP contribution in [0.5, 0.6) is 0 Å². The number of hydrogen-bond acceptors (Lipinski definition) is 5. The first-order valence-electron chi connectivity index (χ1n) is 5.18. The van der Waals surface area contributed by atoms with Crippen LogP contribution in [0, 0.1) is 21.4 Å². The van der Waals surface area contributed by atoms with Gasteiger partial charge in [-0.2, -0.15) is 18.4 Å². The first kappa shape index (κ1) is 13.1. The molecule has 0 unspecified atom stereocenters. The van der Waals surface area contributed by atoms with E-state index in [9.17, 15) is 23.3 Å². The van der Waals surface area contributed by atoms with Crippen LogP contribution in [-0.2, 0) is 0 Å². The van der Waals surface area contributed by atoms with Gasteiger partial charge in [-0.05, 0) is 12.8 Å². The van der Waals surface area contributed by atoms with Crippen molar-refractivity contribution < 1.29 is 18.1 Å². The van der Waals surface area contributed by atoms with Crippen LogP contribution in [0.3, 0.4) is 0 Å². The zero-order valence-corrected chi connectivity index (χ0v) is 9.36. The molecule has 0 aliphatic heterocycles. The highest BCUT2D eigenvalue weighted by atomic mass is 19.4. The highest BCUT2D eigenvalue weighted by Gasteiger charge is 2.64. The lowest BCUT2D eigenvalue weighted by atomic mass is 10.2. The maximum absolute atomic E-state index is 12.7. The standard InChI is InChI=1S/C10H7F3N4O2/c11-10(12,13)9(1-2-9)16-8-7(17(18)19)3-6(4-14)5-15-8/h3,5H,1-2H2,(H,15,16). The first-order chi connectivity index (χ1) is 8.79.